The number of rotatable bonds is 3. The molecule has 1 aromatic rings. The molecule has 102 valence electrons. The average molecular weight is 260 g/mol. The van der Waals surface area contributed by atoms with Crippen LogP contribution in [0.15, 0.2) is 18.5 Å². The third kappa shape index (κ3) is 2.95. The average Bonchev–Trinajstić information content (AvgIpc) is 2.91. The monoisotopic (exact) mass is 260 g/mol. The Bertz CT molecular complexity index is 476. The van der Waals surface area contributed by atoms with E-state index in [4.69, 9.17) is 0 Å². The third-order valence-electron chi connectivity index (χ3n) is 3.88. The molecule has 1 saturated carbocycles. The van der Waals surface area contributed by atoms with Gasteiger partial charge in [0, 0.05) is 12.4 Å². The van der Waals surface area contributed by atoms with Gasteiger partial charge in [0.05, 0.1) is 6.07 Å². The standard InChI is InChI=1S/C14H20N4O/c1-11-5-3-6-14(9-11,10-15)17-13(19)12(2)18-8-4-7-16-18/h4,7-8,11-12H,3,5-6,9H2,1-2H3,(H,17,19)/t11-,12-,14+/m1/s1. The molecule has 0 spiro atoms. The van der Waals surface area contributed by atoms with Crippen molar-refractivity contribution in [2.75, 3.05) is 0 Å². The molecule has 0 unspecified atom stereocenters. The van der Waals surface area contributed by atoms with Gasteiger partial charge >= 0.3 is 0 Å². The van der Waals surface area contributed by atoms with Crippen molar-refractivity contribution in [2.24, 2.45) is 5.92 Å². The van der Waals surface area contributed by atoms with Gasteiger partial charge in [-0.05, 0) is 38.2 Å². The van der Waals surface area contributed by atoms with E-state index >= 15 is 0 Å². The molecule has 0 aliphatic heterocycles. The van der Waals surface area contributed by atoms with Crippen LogP contribution in [0.2, 0.25) is 0 Å². The van der Waals surface area contributed by atoms with E-state index in [9.17, 15) is 10.1 Å². The Balaban J connectivity index is 2.06. The van der Waals surface area contributed by atoms with E-state index in [0.29, 0.717) is 5.92 Å². The highest BCUT2D eigenvalue weighted by atomic mass is 16.2. The molecule has 1 amide bonds. The number of carbonyl (C=O) groups is 1. The van der Waals surface area contributed by atoms with Crippen LogP contribution in [-0.2, 0) is 4.79 Å². The first-order chi connectivity index (χ1) is 9.06. The topological polar surface area (TPSA) is 70.7 Å². The molecule has 5 heteroatoms. The molecule has 19 heavy (non-hydrogen) atoms. The fraction of sp³-hybridized carbons (Fsp3) is 0.643. The maximum absolute atomic E-state index is 12.3. The molecule has 1 heterocycles. The van der Waals surface area contributed by atoms with Crippen molar-refractivity contribution >= 4 is 5.91 Å². The highest BCUT2D eigenvalue weighted by molar-refractivity contribution is 5.81. The fourth-order valence-electron chi connectivity index (χ4n) is 2.76. The molecule has 2 rings (SSSR count). The van der Waals surface area contributed by atoms with Crippen LogP contribution in [0.5, 0.6) is 0 Å². The van der Waals surface area contributed by atoms with Crippen LogP contribution in [0.3, 0.4) is 0 Å². The number of hydrogen-bond acceptors (Lipinski definition) is 3. The van der Waals surface area contributed by atoms with Gasteiger partial charge in [-0.25, -0.2) is 0 Å². The predicted molar refractivity (Wildman–Crippen MR) is 71.1 cm³/mol. The largest absolute Gasteiger partial charge is 0.336 e. The second-order valence-electron chi connectivity index (χ2n) is 5.55. The number of nitrogens with zero attached hydrogens (tertiary/aromatic N) is 3. The number of nitriles is 1. The van der Waals surface area contributed by atoms with E-state index in [2.05, 4.69) is 23.4 Å². The number of nitrogens with one attached hydrogen (secondary N) is 1. The molecule has 5 nitrogen and oxygen atoms in total. The Hall–Kier alpha value is -1.83. The number of aromatic nitrogens is 2. The maximum atomic E-state index is 12.3. The molecule has 1 aromatic heterocycles. The van der Waals surface area contributed by atoms with Gasteiger partial charge in [0.1, 0.15) is 11.6 Å². The summed E-state index contributed by atoms with van der Waals surface area (Å²) in [6.45, 7) is 3.92. The van der Waals surface area contributed by atoms with E-state index in [1.54, 1.807) is 30.1 Å². The maximum Gasteiger partial charge on any atom is 0.245 e. The van der Waals surface area contributed by atoms with Crippen molar-refractivity contribution < 1.29 is 4.79 Å². The summed E-state index contributed by atoms with van der Waals surface area (Å²) in [5.41, 5.74) is -0.698. The first-order valence-electron chi connectivity index (χ1n) is 6.79. The molecule has 3 atom stereocenters. The lowest BCUT2D eigenvalue weighted by Gasteiger charge is -2.35. The molecule has 1 N–H and O–H groups in total. The van der Waals surface area contributed by atoms with Crippen LogP contribution in [-0.4, -0.2) is 21.2 Å². The van der Waals surface area contributed by atoms with Crippen LogP contribution in [0.1, 0.15) is 45.6 Å². The fourth-order valence-corrected chi connectivity index (χ4v) is 2.76. The molecule has 0 bridgehead atoms. The van der Waals surface area contributed by atoms with Crippen LogP contribution in [0.25, 0.3) is 0 Å². The van der Waals surface area contributed by atoms with Gasteiger partial charge in [0.25, 0.3) is 0 Å². The van der Waals surface area contributed by atoms with Crippen molar-refractivity contribution in [3.8, 4) is 6.07 Å². The molecule has 1 aliphatic carbocycles. The van der Waals surface area contributed by atoms with Crippen LogP contribution in [0.4, 0.5) is 0 Å². The van der Waals surface area contributed by atoms with Crippen LogP contribution >= 0.6 is 0 Å². The second kappa shape index (κ2) is 5.43. The Morgan fingerprint density at radius 2 is 2.47 bits per heavy atom. The first-order valence-corrected chi connectivity index (χ1v) is 6.79. The lowest BCUT2D eigenvalue weighted by Crippen LogP contribution is -2.51. The zero-order chi connectivity index (χ0) is 13.9. The minimum Gasteiger partial charge on any atom is -0.336 e. The summed E-state index contributed by atoms with van der Waals surface area (Å²) in [5, 5.41) is 16.4. The highest BCUT2D eigenvalue weighted by Gasteiger charge is 2.37. The molecule has 0 radical (unpaired) electrons. The minimum atomic E-state index is -0.698. The molecular weight excluding hydrogens is 240 g/mol. The van der Waals surface area contributed by atoms with Crippen molar-refractivity contribution in [3.63, 3.8) is 0 Å². The van der Waals surface area contributed by atoms with Gasteiger partial charge in [-0.3, -0.25) is 9.48 Å². The lowest BCUT2D eigenvalue weighted by atomic mass is 9.77. The van der Waals surface area contributed by atoms with E-state index in [0.717, 1.165) is 25.7 Å². The number of amides is 1. The Morgan fingerprint density at radius 1 is 1.68 bits per heavy atom. The van der Waals surface area contributed by atoms with Gasteiger partial charge in [-0.15, -0.1) is 0 Å². The predicted octanol–water partition coefficient (Wildman–Crippen LogP) is 2.03. The van der Waals surface area contributed by atoms with Crippen molar-refractivity contribution in [1.82, 2.24) is 15.1 Å². The van der Waals surface area contributed by atoms with Crippen LogP contribution < -0.4 is 5.32 Å². The normalized spacial score (nSPS) is 28.4. The molecule has 1 fully saturated rings. The quantitative estimate of drug-likeness (QED) is 0.904. The summed E-state index contributed by atoms with van der Waals surface area (Å²) in [5.74, 6) is 0.341. The SMILES string of the molecule is C[C@@H]1CCC[C@](C#N)(NC(=O)[C@@H](C)n2cccn2)C1. The molecule has 1 aliphatic rings. The van der Waals surface area contributed by atoms with E-state index in [-0.39, 0.29) is 5.91 Å². The minimum absolute atomic E-state index is 0.139. The van der Waals surface area contributed by atoms with Crippen molar-refractivity contribution in [2.45, 2.75) is 51.1 Å². The van der Waals surface area contributed by atoms with Crippen LogP contribution in [0, 0.1) is 17.2 Å². The molecule has 0 saturated heterocycles. The summed E-state index contributed by atoms with van der Waals surface area (Å²) < 4.78 is 1.60. The summed E-state index contributed by atoms with van der Waals surface area (Å²) in [4.78, 5) is 12.3. The van der Waals surface area contributed by atoms with E-state index < -0.39 is 11.6 Å². The Kier molecular flexibility index (Phi) is 3.89. The Labute approximate surface area is 113 Å². The highest BCUT2D eigenvalue weighted by Crippen LogP contribution is 2.32. The van der Waals surface area contributed by atoms with Gasteiger partial charge < -0.3 is 5.32 Å². The summed E-state index contributed by atoms with van der Waals surface area (Å²) >= 11 is 0. The second-order valence-corrected chi connectivity index (χ2v) is 5.55. The summed E-state index contributed by atoms with van der Waals surface area (Å²) in [6.07, 6.45) is 7.00. The lowest BCUT2D eigenvalue weighted by molar-refractivity contribution is -0.126. The van der Waals surface area contributed by atoms with E-state index in [1.807, 2.05) is 0 Å². The number of carbonyl (C=O) groups excluding carboxylic acids is 1. The van der Waals surface area contributed by atoms with Gasteiger partial charge in [0.15, 0.2) is 0 Å². The number of hydrogen-bond donors (Lipinski definition) is 1. The molecular formula is C14H20N4O. The summed E-state index contributed by atoms with van der Waals surface area (Å²) in [6, 6.07) is 3.71. The zero-order valence-electron chi connectivity index (χ0n) is 11.5. The third-order valence-corrected chi connectivity index (χ3v) is 3.88. The summed E-state index contributed by atoms with van der Waals surface area (Å²) in [7, 11) is 0. The van der Waals surface area contributed by atoms with Gasteiger partial charge in [-0.1, -0.05) is 13.3 Å². The van der Waals surface area contributed by atoms with Crippen molar-refractivity contribution in [1.29, 1.82) is 5.26 Å². The van der Waals surface area contributed by atoms with E-state index in [1.165, 1.54) is 0 Å². The van der Waals surface area contributed by atoms with Gasteiger partial charge in [-0.2, -0.15) is 10.4 Å². The Morgan fingerprint density at radius 3 is 3.05 bits per heavy atom. The first kappa shape index (κ1) is 13.6. The van der Waals surface area contributed by atoms with Gasteiger partial charge in [0.2, 0.25) is 5.91 Å². The molecule has 0 aromatic carbocycles. The smallest absolute Gasteiger partial charge is 0.245 e. The van der Waals surface area contributed by atoms with Crippen molar-refractivity contribution in [3.05, 3.63) is 18.5 Å². The zero-order valence-corrected chi connectivity index (χ0v) is 11.5.